The van der Waals surface area contributed by atoms with Crippen molar-refractivity contribution < 1.29 is 9.90 Å². The van der Waals surface area contributed by atoms with Crippen LogP contribution < -0.4 is 0 Å². The Balaban J connectivity index is 1.85. The van der Waals surface area contributed by atoms with Crippen LogP contribution >= 0.6 is 0 Å². The van der Waals surface area contributed by atoms with Gasteiger partial charge in [-0.2, -0.15) is 0 Å². The lowest BCUT2D eigenvalue weighted by Crippen LogP contribution is -2.42. The molecule has 0 radical (unpaired) electrons. The summed E-state index contributed by atoms with van der Waals surface area (Å²) in [5, 5.41) is 21.7. The van der Waals surface area contributed by atoms with Gasteiger partial charge in [0.25, 0.3) is 0 Å². The Morgan fingerprint density at radius 3 is 2.62 bits per heavy atom. The number of nitrogens with zero attached hydrogens (tertiary/aromatic N) is 4. The Labute approximate surface area is 124 Å². The number of aromatic nitrogens is 4. The van der Waals surface area contributed by atoms with Crippen molar-refractivity contribution in [2.45, 2.75) is 71.3 Å². The number of tetrazole rings is 1. The topological polar surface area (TPSA) is 80.9 Å². The van der Waals surface area contributed by atoms with Crippen LogP contribution in [0.15, 0.2) is 0 Å². The van der Waals surface area contributed by atoms with E-state index < -0.39 is 11.4 Å². The van der Waals surface area contributed by atoms with Crippen LogP contribution in [0.2, 0.25) is 0 Å². The Morgan fingerprint density at radius 1 is 1.29 bits per heavy atom. The number of hydrogen-bond donors (Lipinski definition) is 1. The van der Waals surface area contributed by atoms with Crippen molar-refractivity contribution in [1.29, 1.82) is 0 Å². The zero-order chi connectivity index (χ0) is 15.1. The molecule has 3 rings (SSSR count). The van der Waals surface area contributed by atoms with Gasteiger partial charge in [-0.15, -0.1) is 5.10 Å². The lowest BCUT2D eigenvalue weighted by Gasteiger charge is -2.40. The van der Waals surface area contributed by atoms with Crippen LogP contribution in [0.5, 0.6) is 0 Å². The second kappa shape index (κ2) is 5.07. The summed E-state index contributed by atoms with van der Waals surface area (Å²) < 4.78 is 1.77. The van der Waals surface area contributed by atoms with Gasteiger partial charge in [0.15, 0.2) is 5.82 Å². The van der Waals surface area contributed by atoms with Crippen LogP contribution in [0.25, 0.3) is 0 Å². The summed E-state index contributed by atoms with van der Waals surface area (Å²) in [6.45, 7) is 4.95. The molecule has 2 aliphatic carbocycles. The van der Waals surface area contributed by atoms with Gasteiger partial charge >= 0.3 is 5.97 Å². The number of rotatable bonds is 4. The smallest absolute Gasteiger partial charge is 0.311 e. The molecule has 1 heterocycles. The van der Waals surface area contributed by atoms with Crippen LogP contribution in [0.3, 0.4) is 0 Å². The van der Waals surface area contributed by atoms with Crippen LogP contribution in [0, 0.1) is 10.8 Å². The quantitative estimate of drug-likeness (QED) is 0.922. The van der Waals surface area contributed by atoms with Crippen LogP contribution in [0.1, 0.15) is 70.5 Å². The molecule has 116 valence electrons. The van der Waals surface area contributed by atoms with E-state index in [2.05, 4.69) is 29.4 Å². The lowest BCUT2D eigenvalue weighted by atomic mass is 9.67. The average Bonchev–Trinajstić information content (AvgIpc) is 2.80. The molecule has 1 aromatic rings. The highest BCUT2D eigenvalue weighted by atomic mass is 16.4. The third-order valence-corrected chi connectivity index (χ3v) is 5.60. The zero-order valence-electron chi connectivity index (χ0n) is 12.9. The fraction of sp³-hybridized carbons (Fsp3) is 0.867. The number of carboxylic acid groups (broad SMARTS) is 1. The molecule has 0 bridgehead atoms. The summed E-state index contributed by atoms with van der Waals surface area (Å²) in [5.74, 6) is 0.498. The lowest BCUT2D eigenvalue weighted by molar-refractivity contribution is -0.156. The minimum absolute atomic E-state index is 0.181. The molecule has 2 fully saturated rings. The molecule has 0 saturated heterocycles. The summed E-state index contributed by atoms with van der Waals surface area (Å²) in [5.41, 5.74) is -0.469. The number of carboxylic acids is 1. The molecule has 1 unspecified atom stereocenters. The van der Waals surface area contributed by atoms with Crippen LogP contribution in [-0.4, -0.2) is 31.3 Å². The van der Waals surface area contributed by atoms with Crippen molar-refractivity contribution in [3.05, 3.63) is 5.82 Å². The number of carbonyl (C=O) groups is 1. The maximum Gasteiger partial charge on any atom is 0.311 e. The zero-order valence-corrected chi connectivity index (χ0v) is 12.9. The van der Waals surface area contributed by atoms with Gasteiger partial charge in [0, 0.05) is 5.92 Å². The number of hydrogen-bond acceptors (Lipinski definition) is 4. The monoisotopic (exact) mass is 292 g/mol. The molecular formula is C15H24N4O2. The van der Waals surface area contributed by atoms with Gasteiger partial charge < -0.3 is 5.11 Å². The maximum absolute atomic E-state index is 11.6. The third kappa shape index (κ3) is 2.45. The minimum Gasteiger partial charge on any atom is -0.481 e. The van der Waals surface area contributed by atoms with E-state index in [1.54, 1.807) is 4.68 Å². The van der Waals surface area contributed by atoms with Crippen molar-refractivity contribution in [1.82, 2.24) is 20.2 Å². The average molecular weight is 292 g/mol. The molecule has 1 N–H and O–H groups in total. The first kappa shape index (κ1) is 14.5. The van der Waals surface area contributed by atoms with E-state index in [9.17, 15) is 9.90 Å². The van der Waals surface area contributed by atoms with Gasteiger partial charge in [0.1, 0.15) is 0 Å². The van der Waals surface area contributed by atoms with Gasteiger partial charge in [0.2, 0.25) is 0 Å². The second-order valence-electron chi connectivity index (χ2n) is 7.42. The van der Waals surface area contributed by atoms with E-state index in [1.165, 1.54) is 19.3 Å². The first-order valence-electron chi connectivity index (χ1n) is 7.94. The predicted octanol–water partition coefficient (Wildman–Crippen LogP) is 2.61. The SMILES string of the molecule is CC1(C)CCCCC1c1nnnn1CC1(C(=O)O)CCC1. The van der Waals surface area contributed by atoms with E-state index in [4.69, 9.17) is 0 Å². The standard InChI is InChI=1S/C15H24N4O2/c1-14(2)7-4-3-6-11(14)12-16-17-18-19(12)10-15(13(20)21)8-5-9-15/h11H,3-10H2,1-2H3,(H,20,21). The summed E-state index contributed by atoms with van der Waals surface area (Å²) in [7, 11) is 0. The molecule has 0 aromatic carbocycles. The largest absolute Gasteiger partial charge is 0.481 e. The summed E-state index contributed by atoms with van der Waals surface area (Å²) in [6.07, 6.45) is 7.17. The van der Waals surface area contributed by atoms with E-state index in [0.717, 1.165) is 31.5 Å². The highest BCUT2D eigenvalue weighted by molar-refractivity contribution is 5.75. The summed E-state index contributed by atoms with van der Waals surface area (Å²) in [6, 6.07) is 0. The van der Waals surface area contributed by atoms with Crippen molar-refractivity contribution in [3.63, 3.8) is 0 Å². The first-order chi connectivity index (χ1) is 9.95. The third-order valence-electron chi connectivity index (χ3n) is 5.60. The molecule has 0 aliphatic heterocycles. The molecule has 6 heteroatoms. The van der Waals surface area contributed by atoms with E-state index in [-0.39, 0.29) is 5.41 Å². The molecule has 0 amide bonds. The van der Waals surface area contributed by atoms with Crippen molar-refractivity contribution in [3.8, 4) is 0 Å². The maximum atomic E-state index is 11.6. The normalized spacial score (nSPS) is 27.0. The Bertz CT molecular complexity index is 534. The van der Waals surface area contributed by atoms with Gasteiger partial charge in [-0.05, 0) is 41.5 Å². The van der Waals surface area contributed by atoms with Crippen molar-refractivity contribution in [2.75, 3.05) is 0 Å². The predicted molar refractivity (Wildman–Crippen MR) is 76.7 cm³/mol. The fourth-order valence-corrected chi connectivity index (χ4v) is 3.88. The Morgan fingerprint density at radius 2 is 2.05 bits per heavy atom. The van der Waals surface area contributed by atoms with Gasteiger partial charge in [-0.1, -0.05) is 33.1 Å². The molecule has 0 spiro atoms. The molecule has 2 aliphatic rings. The van der Waals surface area contributed by atoms with E-state index in [1.807, 2.05) is 0 Å². The van der Waals surface area contributed by atoms with Gasteiger partial charge in [-0.25, -0.2) is 4.68 Å². The van der Waals surface area contributed by atoms with E-state index in [0.29, 0.717) is 12.5 Å². The second-order valence-corrected chi connectivity index (χ2v) is 7.42. The fourth-order valence-electron chi connectivity index (χ4n) is 3.88. The molecular weight excluding hydrogens is 268 g/mol. The van der Waals surface area contributed by atoms with Crippen molar-refractivity contribution >= 4 is 5.97 Å². The minimum atomic E-state index is -0.710. The Kier molecular flexibility index (Phi) is 3.50. The molecule has 21 heavy (non-hydrogen) atoms. The molecule has 1 atom stereocenters. The summed E-state index contributed by atoms with van der Waals surface area (Å²) >= 11 is 0. The highest BCUT2D eigenvalue weighted by Crippen LogP contribution is 2.47. The number of aliphatic carboxylic acids is 1. The molecule has 2 saturated carbocycles. The van der Waals surface area contributed by atoms with E-state index >= 15 is 0 Å². The van der Waals surface area contributed by atoms with Gasteiger partial charge in [0.05, 0.1) is 12.0 Å². The first-order valence-corrected chi connectivity index (χ1v) is 7.94. The van der Waals surface area contributed by atoms with Crippen molar-refractivity contribution in [2.24, 2.45) is 10.8 Å². The van der Waals surface area contributed by atoms with Crippen LogP contribution in [-0.2, 0) is 11.3 Å². The molecule has 1 aromatic heterocycles. The molecule has 6 nitrogen and oxygen atoms in total. The summed E-state index contributed by atoms with van der Waals surface area (Å²) in [4.78, 5) is 11.6. The van der Waals surface area contributed by atoms with Gasteiger partial charge in [-0.3, -0.25) is 4.79 Å². The highest BCUT2D eigenvalue weighted by Gasteiger charge is 2.46. The van der Waals surface area contributed by atoms with Crippen LogP contribution in [0.4, 0.5) is 0 Å². The Hall–Kier alpha value is -1.46.